The molecule has 0 aliphatic heterocycles. The molecule has 1 heterocycles. The highest BCUT2D eigenvalue weighted by Crippen LogP contribution is 2.19. The molecule has 88 valence electrons. The molecule has 0 unspecified atom stereocenters. The molecule has 0 radical (unpaired) electrons. The summed E-state index contributed by atoms with van der Waals surface area (Å²) in [6, 6.07) is 7.98. The first kappa shape index (κ1) is 12.2. The van der Waals surface area contributed by atoms with Crippen molar-refractivity contribution >= 4 is 15.9 Å². The Bertz CT molecular complexity index is 509. The number of rotatable bonds is 3. The monoisotopic (exact) mass is 291 g/mol. The van der Waals surface area contributed by atoms with E-state index < -0.39 is 0 Å². The fourth-order valence-electron chi connectivity index (χ4n) is 1.66. The molecule has 0 bridgehead atoms. The van der Waals surface area contributed by atoms with Crippen molar-refractivity contribution in [3.63, 3.8) is 0 Å². The highest BCUT2D eigenvalue weighted by atomic mass is 79.9. The molecule has 0 fully saturated rings. The van der Waals surface area contributed by atoms with E-state index in [2.05, 4.69) is 32.8 Å². The third-order valence-corrected chi connectivity index (χ3v) is 3.14. The van der Waals surface area contributed by atoms with Crippen LogP contribution in [0.15, 0.2) is 34.9 Å². The average Bonchev–Trinajstić information content (AvgIpc) is 2.39. The summed E-state index contributed by atoms with van der Waals surface area (Å²) in [7, 11) is 0. The number of nitrogens with zero attached hydrogens (tertiary/aromatic N) is 2. The summed E-state index contributed by atoms with van der Waals surface area (Å²) >= 11 is 3.41. The predicted octanol–water partition coefficient (Wildman–Crippen LogP) is 2.93. The molecule has 1 aromatic heterocycles. The van der Waals surface area contributed by atoms with Crippen molar-refractivity contribution in [2.24, 2.45) is 5.73 Å². The Labute approximate surface area is 109 Å². The average molecular weight is 292 g/mol. The summed E-state index contributed by atoms with van der Waals surface area (Å²) in [6.07, 6.45) is 2.70. The fourth-order valence-corrected chi connectivity index (χ4v) is 1.92. The molecule has 0 atom stereocenters. The zero-order valence-electron chi connectivity index (χ0n) is 9.65. The zero-order valence-corrected chi connectivity index (χ0v) is 11.2. The molecule has 4 heteroatoms. The summed E-state index contributed by atoms with van der Waals surface area (Å²) in [6.45, 7) is 2.57. The van der Waals surface area contributed by atoms with Crippen LogP contribution >= 0.6 is 15.9 Å². The number of aromatic nitrogens is 2. The Morgan fingerprint density at radius 2 is 1.94 bits per heavy atom. The van der Waals surface area contributed by atoms with Crippen LogP contribution < -0.4 is 5.73 Å². The molecule has 0 aliphatic carbocycles. The summed E-state index contributed by atoms with van der Waals surface area (Å²) in [5, 5.41) is 0. The van der Waals surface area contributed by atoms with Gasteiger partial charge in [-0.1, -0.05) is 35.0 Å². The molecule has 3 nitrogen and oxygen atoms in total. The van der Waals surface area contributed by atoms with Gasteiger partial charge in [-0.3, -0.25) is 0 Å². The molecule has 0 saturated carbocycles. The van der Waals surface area contributed by atoms with Gasteiger partial charge in [0.1, 0.15) is 0 Å². The maximum absolute atomic E-state index is 5.65. The van der Waals surface area contributed by atoms with Crippen molar-refractivity contribution in [3.05, 3.63) is 46.2 Å². The summed E-state index contributed by atoms with van der Waals surface area (Å²) < 4.78 is 1.05. The highest BCUT2D eigenvalue weighted by molar-refractivity contribution is 9.10. The summed E-state index contributed by atoms with van der Waals surface area (Å²) in [5.74, 6) is 0.756. The van der Waals surface area contributed by atoms with Crippen LogP contribution in [0.25, 0.3) is 11.4 Å². The molecule has 0 saturated heterocycles. The van der Waals surface area contributed by atoms with Crippen molar-refractivity contribution in [2.75, 3.05) is 0 Å². The Balaban J connectivity index is 2.42. The molecule has 2 rings (SSSR count). The van der Waals surface area contributed by atoms with Crippen LogP contribution in [-0.2, 0) is 13.0 Å². The van der Waals surface area contributed by atoms with Crippen LogP contribution in [0.5, 0.6) is 0 Å². The van der Waals surface area contributed by atoms with Crippen molar-refractivity contribution in [2.45, 2.75) is 19.9 Å². The lowest BCUT2D eigenvalue weighted by atomic mass is 10.1. The largest absolute Gasteiger partial charge is 0.326 e. The Hall–Kier alpha value is -1.26. The minimum atomic E-state index is 0.490. The topological polar surface area (TPSA) is 51.8 Å². The number of halogens is 1. The Morgan fingerprint density at radius 3 is 2.53 bits per heavy atom. The van der Waals surface area contributed by atoms with Crippen LogP contribution in [0, 0.1) is 0 Å². The highest BCUT2D eigenvalue weighted by Gasteiger charge is 2.06. The van der Waals surface area contributed by atoms with Crippen LogP contribution in [0.4, 0.5) is 0 Å². The summed E-state index contributed by atoms with van der Waals surface area (Å²) in [5.41, 5.74) is 8.72. The number of benzene rings is 1. The minimum absolute atomic E-state index is 0.490. The van der Waals surface area contributed by atoms with Crippen LogP contribution in [0.2, 0.25) is 0 Å². The SMILES string of the molecule is CCc1nc(-c2ccc(Br)cc2)ncc1CN. The molecule has 17 heavy (non-hydrogen) atoms. The second-order valence-electron chi connectivity index (χ2n) is 3.73. The molecule has 2 aromatic rings. The van der Waals surface area contributed by atoms with Gasteiger partial charge in [-0.05, 0) is 18.6 Å². The third-order valence-electron chi connectivity index (χ3n) is 2.61. The van der Waals surface area contributed by atoms with E-state index in [4.69, 9.17) is 5.73 Å². The molecule has 0 aliphatic rings. The van der Waals surface area contributed by atoms with Crippen molar-refractivity contribution < 1.29 is 0 Å². The second kappa shape index (κ2) is 5.38. The lowest BCUT2D eigenvalue weighted by molar-refractivity contribution is 0.919. The number of nitrogens with two attached hydrogens (primary N) is 1. The van der Waals surface area contributed by atoms with E-state index in [1.165, 1.54) is 0 Å². The third kappa shape index (κ3) is 2.70. The van der Waals surface area contributed by atoms with Gasteiger partial charge in [0.2, 0.25) is 0 Å². The lowest BCUT2D eigenvalue weighted by Gasteiger charge is -2.07. The van der Waals surface area contributed by atoms with Gasteiger partial charge in [0.15, 0.2) is 5.82 Å². The van der Waals surface area contributed by atoms with E-state index in [1.54, 1.807) is 0 Å². The molecule has 0 spiro atoms. The molecular formula is C13H14BrN3. The zero-order chi connectivity index (χ0) is 12.3. The van der Waals surface area contributed by atoms with E-state index in [0.717, 1.165) is 33.5 Å². The molecule has 0 amide bonds. The number of aryl methyl sites for hydroxylation is 1. The van der Waals surface area contributed by atoms with Crippen molar-refractivity contribution in [1.82, 2.24) is 9.97 Å². The number of hydrogen-bond acceptors (Lipinski definition) is 3. The van der Waals surface area contributed by atoms with Crippen LogP contribution in [0.3, 0.4) is 0 Å². The Morgan fingerprint density at radius 1 is 1.24 bits per heavy atom. The van der Waals surface area contributed by atoms with Gasteiger partial charge < -0.3 is 5.73 Å². The van der Waals surface area contributed by atoms with Gasteiger partial charge in [0.05, 0.1) is 0 Å². The van der Waals surface area contributed by atoms with E-state index in [1.807, 2.05) is 30.5 Å². The van der Waals surface area contributed by atoms with E-state index in [9.17, 15) is 0 Å². The molecule has 1 aromatic carbocycles. The first-order valence-electron chi connectivity index (χ1n) is 5.55. The maximum Gasteiger partial charge on any atom is 0.159 e. The van der Waals surface area contributed by atoms with E-state index in [-0.39, 0.29) is 0 Å². The first-order chi connectivity index (χ1) is 8.24. The first-order valence-corrected chi connectivity index (χ1v) is 6.34. The van der Waals surface area contributed by atoms with Crippen molar-refractivity contribution in [3.8, 4) is 11.4 Å². The van der Waals surface area contributed by atoms with Crippen LogP contribution in [-0.4, -0.2) is 9.97 Å². The van der Waals surface area contributed by atoms with E-state index >= 15 is 0 Å². The fraction of sp³-hybridized carbons (Fsp3) is 0.231. The van der Waals surface area contributed by atoms with Gasteiger partial charge in [0.25, 0.3) is 0 Å². The predicted molar refractivity (Wildman–Crippen MR) is 72.4 cm³/mol. The maximum atomic E-state index is 5.65. The van der Waals surface area contributed by atoms with Crippen molar-refractivity contribution in [1.29, 1.82) is 0 Å². The standard InChI is InChI=1S/C13H14BrN3/c1-2-12-10(7-15)8-16-13(17-12)9-3-5-11(14)6-4-9/h3-6,8H,2,7,15H2,1H3. The number of hydrogen-bond donors (Lipinski definition) is 1. The van der Waals surface area contributed by atoms with Gasteiger partial charge in [0, 0.05) is 34.0 Å². The lowest BCUT2D eigenvalue weighted by Crippen LogP contribution is -2.05. The molecular weight excluding hydrogens is 278 g/mol. The molecule has 2 N–H and O–H groups in total. The van der Waals surface area contributed by atoms with Crippen LogP contribution in [0.1, 0.15) is 18.2 Å². The van der Waals surface area contributed by atoms with Gasteiger partial charge in [-0.15, -0.1) is 0 Å². The summed E-state index contributed by atoms with van der Waals surface area (Å²) in [4.78, 5) is 8.91. The van der Waals surface area contributed by atoms with Gasteiger partial charge >= 0.3 is 0 Å². The van der Waals surface area contributed by atoms with Gasteiger partial charge in [-0.2, -0.15) is 0 Å². The quantitative estimate of drug-likeness (QED) is 0.946. The second-order valence-corrected chi connectivity index (χ2v) is 4.65. The van der Waals surface area contributed by atoms with E-state index in [0.29, 0.717) is 6.54 Å². The minimum Gasteiger partial charge on any atom is -0.326 e. The van der Waals surface area contributed by atoms with Gasteiger partial charge in [-0.25, -0.2) is 9.97 Å². The Kier molecular flexibility index (Phi) is 3.86. The normalized spacial score (nSPS) is 10.5. The smallest absolute Gasteiger partial charge is 0.159 e.